The van der Waals surface area contributed by atoms with E-state index in [0.29, 0.717) is 46.3 Å². The first kappa shape index (κ1) is 44.5. The summed E-state index contributed by atoms with van der Waals surface area (Å²) in [5.41, 5.74) is 19.2. The second kappa shape index (κ2) is 20.7. The zero-order valence-electron chi connectivity index (χ0n) is 33.5. The van der Waals surface area contributed by atoms with Crippen LogP contribution in [0.1, 0.15) is 55.3 Å². The molecule has 18 nitrogen and oxygen atoms in total. The van der Waals surface area contributed by atoms with Crippen LogP contribution in [-0.2, 0) is 16.1 Å². The summed E-state index contributed by atoms with van der Waals surface area (Å²) in [5.74, 6) is -0.686. The molecule has 57 heavy (non-hydrogen) atoms. The van der Waals surface area contributed by atoms with E-state index in [2.05, 4.69) is 37.6 Å². The summed E-state index contributed by atoms with van der Waals surface area (Å²) in [5, 5.41) is 8.60. The molecule has 0 spiro atoms. The van der Waals surface area contributed by atoms with E-state index in [1.807, 2.05) is 16.7 Å². The highest BCUT2D eigenvalue weighted by Gasteiger charge is 2.22. The highest BCUT2D eigenvalue weighted by atomic mass is 16.6. The third-order valence-corrected chi connectivity index (χ3v) is 7.76. The number of allylic oxidation sites excluding steroid dienone is 2. The minimum Gasteiger partial charge on any atom is -0.494 e. The summed E-state index contributed by atoms with van der Waals surface area (Å²) in [6.45, 7) is 13.6. The standard InChI is InChI=1S/C39H53N11O7/c1-9-45-29(18-24(2)40)36(53)47-23-49(32-27(43-6)19-25(34(41)51)21-30(32)55-8)15-11-12-16-50-33-28(48-37(50)44-7)20-26(35(42)52)22-31(33)56-17-13-10-14-46-38(54)57-39(3,4)5/h10-13,18-22H,6,9,14-17,23,40H2,1-5,7-8H3,(H2,41,51)(H2,42,52)(H,44,48)(H,46,54)(H,47,53)/b12-11+,13-10+,24-18-,45-29?. The predicted octanol–water partition coefficient (Wildman–Crippen LogP) is 3.54. The van der Waals surface area contributed by atoms with Gasteiger partial charge in [-0.1, -0.05) is 18.2 Å². The number of imidazole rings is 1. The molecule has 0 bridgehead atoms. The molecule has 18 heteroatoms. The van der Waals surface area contributed by atoms with Crippen molar-refractivity contribution in [3.8, 4) is 11.5 Å². The summed E-state index contributed by atoms with van der Waals surface area (Å²) >= 11 is 0. The maximum absolute atomic E-state index is 13.2. The lowest BCUT2D eigenvalue weighted by Gasteiger charge is -2.27. The van der Waals surface area contributed by atoms with Crippen molar-refractivity contribution < 1.29 is 33.4 Å². The quantitative estimate of drug-likeness (QED) is 0.0549. The molecule has 3 aromatic rings. The fourth-order valence-corrected chi connectivity index (χ4v) is 5.37. The molecule has 2 aromatic carbocycles. The lowest BCUT2D eigenvalue weighted by molar-refractivity contribution is -0.114. The average Bonchev–Trinajstić information content (AvgIpc) is 3.51. The van der Waals surface area contributed by atoms with Gasteiger partial charge in [0, 0.05) is 50.1 Å². The largest absolute Gasteiger partial charge is 0.494 e. The molecule has 1 aromatic heterocycles. The topological polar surface area (TPSA) is 256 Å². The van der Waals surface area contributed by atoms with Gasteiger partial charge in [-0.2, -0.15) is 0 Å². The second-order valence-corrected chi connectivity index (χ2v) is 13.3. The molecule has 0 aliphatic rings. The number of carbonyl (C=O) groups excluding carboxylic acids is 4. The van der Waals surface area contributed by atoms with E-state index in [0.717, 1.165) is 0 Å². The van der Waals surface area contributed by atoms with Crippen LogP contribution in [0.15, 0.2) is 70.3 Å². The lowest BCUT2D eigenvalue weighted by atomic mass is 10.1. The molecule has 4 amide bonds. The van der Waals surface area contributed by atoms with Gasteiger partial charge >= 0.3 is 6.09 Å². The first-order valence-corrected chi connectivity index (χ1v) is 17.9. The number of amides is 4. The third kappa shape index (κ3) is 12.9. The van der Waals surface area contributed by atoms with Gasteiger partial charge in [-0.3, -0.25) is 24.4 Å². The Hall–Kier alpha value is -6.85. The molecule has 0 radical (unpaired) electrons. The van der Waals surface area contributed by atoms with Gasteiger partial charge in [0.15, 0.2) is 0 Å². The van der Waals surface area contributed by atoms with Crippen LogP contribution < -0.4 is 47.5 Å². The van der Waals surface area contributed by atoms with Gasteiger partial charge in [-0.15, -0.1) is 0 Å². The smallest absolute Gasteiger partial charge is 0.407 e. The predicted molar refractivity (Wildman–Crippen MR) is 223 cm³/mol. The Morgan fingerprint density at radius 3 is 2.26 bits per heavy atom. The van der Waals surface area contributed by atoms with E-state index in [1.165, 1.54) is 25.3 Å². The van der Waals surface area contributed by atoms with Gasteiger partial charge in [-0.25, -0.2) is 9.78 Å². The molecular weight excluding hydrogens is 734 g/mol. The summed E-state index contributed by atoms with van der Waals surface area (Å²) in [6.07, 6.45) is 8.10. The zero-order valence-corrected chi connectivity index (χ0v) is 33.5. The van der Waals surface area contributed by atoms with Crippen LogP contribution in [0, 0.1) is 0 Å². The number of methoxy groups -OCH3 is 1. The van der Waals surface area contributed by atoms with Crippen molar-refractivity contribution in [3.05, 3.63) is 71.5 Å². The lowest BCUT2D eigenvalue weighted by Crippen LogP contribution is -2.41. The number of aliphatic imine (C=N–C) groups is 2. The monoisotopic (exact) mass is 787 g/mol. The Bertz CT molecular complexity index is 2070. The molecule has 0 fully saturated rings. The van der Waals surface area contributed by atoms with Crippen LogP contribution >= 0.6 is 0 Å². The fourth-order valence-electron chi connectivity index (χ4n) is 5.37. The van der Waals surface area contributed by atoms with Gasteiger partial charge in [0.1, 0.15) is 40.6 Å². The number of hydrogen-bond acceptors (Lipinski definition) is 13. The number of nitrogens with zero attached hydrogens (tertiary/aromatic N) is 5. The van der Waals surface area contributed by atoms with Crippen LogP contribution in [0.3, 0.4) is 0 Å². The minimum absolute atomic E-state index is 0.0391. The van der Waals surface area contributed by atoms with Crippen molar-refractivity contribution in [2.75, 3.05) is 57.3 Å². The highest BCUT2D eigenvalue weighted by molar-refractivity contribution is 6.43. The van der Waals surface area contributed by atoms with Crippen LogP contribution in [0.25, 0.3) is 11.0 Å². The number of anilines is 2. The Balaban J connectivity index is 1.96. The number of alkyl carbamates (subject to hydrolysis) is 1. The third-order valence-electron chi connectivity index (χ3n) is 7.76. The fraction of sp³-hybridized carbons (Fsp3) is 0.359. The Morgan fingerprint density at radius 2 is 1.67 bits per heavy atom. The summed E-state index contributed by atoms with van der Waals surface area (Å²) < 4.78 is 18.9. The number of benzene rings is 2. The van der Waals surface area contributed by atoms with E-state index in [4.69, 9.17) is 31.4 Å². The molecule has 1 heterocycles. The minimum atomic E-state index is -0.681. The number of ether oxygens (including phenoxy) is 3. The first-order valence-electron chi connectivity index (χ1n) is 17.9. The van der Waals surface area contributed by atoms with Crippen molar-refractivity contribution in [3.63, 3.8) is 0 Å². The van der Waals surface area contributed by atoms with Crippen molar-refractivity contribution >= 4 is 64.6 Å². The molecule has 0 saturated heterocycles. The van der Waals surface area contributed by atoms with E-state index in [9.17, 15) is 19.2 Å². The summed E-state index contributed by atoms with van der Waals surface area (Å²) in [6, 6.07) is 6.11. The average molecular weight is 788 g/mol. The number of primary amides is 2. The van der Waals surface area contributed by atoms with E-state index in [-0.39, 0.29) is 55.5 Å². The van der Waals surface area contributed by atoms with Crippen molar-refractivity contribution in [2.24, 2.45) is 27.2 Å². The molecule has 0 saturated carbocycles. The molecule has 3 rings (SSSR count). The van der Waals surface area contributed by atoms with Gasteiger partial charge in [0.05, 0.1) is 25.0 Å². The number of nitrogens with two attached hydrogens (primary N) is 3. The second-order valence-electron chi connectivity index (χ2n) is 13.3. The van der Waals surface area contributed by atoms with E-state index >= 15 is 0 Å². The number of hydrogen-bond donors (Lipinski definition) is 6. The van der Waals surface area contributed by atoms with Crippen molar-refractivity contribution in [1.82, 2.24) is 20.2 Å². The number of nitrogens with one attached hydrogen (secondary N) is 3. The molecule has 0 aliphatic carbocycles. The van der Waals surface area contributed by atoms with Gasteiger partial charge < -0.3 is 56.8 Å². The molecular formula is C39H53N11O7. The van der Waals surface area contributed by atoms with Gasteiger partial charge in [0.2, 0.25) is 17.8 Å². The van der Waals surface area contributed by atoms with E-state index < -0.39 is 29.4 Å². The Labute approximate surface area is 331 Å². The maximum Gasteiger partial charge on any atom is 0.407 e. The molecule has 306 valence electrons. The molecule has 9 N–H and O–H groups in total. The van der Waals surface area contributed by atoms with Gasteiger partial charge in [0.25, 0.3) is 5.91 Å². The van der Waals surface area contributed by atoms with Crippen LogP contribution in [0.2, 0.25) is 0 Å². The number of carbonyl (C=O) groups is 4. The SMILES string of the molecule is C=Nc1cc(C(N)=O)cc(OC)c1N(C/C=C/Cn1c(NC)nc2cc(C(N)=O)cc(OC/C=C/CNC(=O)OC(C)(C)C)c21)CNC(=O)C(/C=C(/C)N)=NCC. The first-order chi connectivity index (χ1) is 27.0. The highest BCUT2D eigenvalue weighted by Crippen LogP contribution is 2.39. The number of rotatable bonds is 20. The molecule has 0 atom stereocenters. The van der Waals surface area contributed by atoms with Gasteiger partial charge in [-0.05, 0) is 77.8 Å². The number of fused-ring (bicyclic) bond motifs is 1. The summed E-state index contributed by atoms with van der Waals surface area (Å²) in [7, 11) is 3.15. The molecule has 0 aliphatic heterocycles. The van der Waals surface area contributed by atoms with Crippen molar-refractivity contribution in [1.29, 1.82) is 0 Å². The summed E-state index contributed by atoms with van der Waals surface area (Å²) in [4.78, 5) is 64.3. The normalized spacial score (nSPS) is 12.1. The van der Waals surface area contributed by atoms with Crippen LogP contribution in [0.5, 0.6) is 11.5 Å². The number of aromatic nitrogens is 2. The van der Waals surface area contributed by atoms with Crippen LogP contribution in [-0.4, -0.2) is 98.5 Å². The maximum atomic E-state index is 13.2. The van der Waals surface area contributed by atoms with Crippen LogP contribution in [0.4, 0.5) is 22.1 Å². The zero-order chi connectivity index (χ0) is 42.3. The van der Waals surface area contributed by atoms with Crippen molar-refractivity contribution in [2.45, 2.75) is 46.8 Å². The molecule has 0 unspecified atom stereocenters. The Kier molecular flexibility index (Phi) is 16.2. The Morgan fingerprint density at radius 1 is 0.982 bits per heavy atom. The van der Waals surface area contributed by atoms with E-state index in [1.54, 1.807) is 70.9 Å².